The van der Waals surface area contributed by atoms with Crippen LogP contribution in [0.25, 0.3) is 0 Å². The summed E-state index contributed by atoms with van der Waals surface area (Å²) in [6, 6.07) is -1.60. The first-order valence-corrected chi connectivity index (χ1v) is 8.03. The molecule has 1 unspecified atom stereocenters. The zero-order chi connectivity index (χ0) is 20.3. The summed E-state index contributed by atoms with van der Waals surface area (Å²) in [5.41, 5.74) is 0. The quantitative estimate of drug-likeness (QED) is 0.374. The van der Waals surface area contributed by atoms with Gasteiger partial charge in [-0.05, 0) is 31.6 Å². The molecule has 0 N–H and O–H groups in total. The van der Waals surface area contributed by atoms with Gasteiger partial charge in [-0.3, -0.25) is 4.79 Å². The SMILES string of the molecule is CC(C)CCCOC(=O)C1CCCN1C(=O)C(F)(F)C(F)(F)C(F)(F)F. The molecule has 1 rings (SSSR count). The fraction of sp³-hybridized carbons (Fsp3) is 0.867. The second-order valence-electron chi connectivity index (χ2n) is 6.51. The van der Waals surface area contributed by atoms with Gasteiger partial charge in [-0.25, -0.2) is 4.79 Å². The highest BCUT2D eigenvalue weighted by Gasteiger charge is 2.77. The number of esters is 1. The third-order valence-electron chi connectivity index (χ3n) is 3.97. The molecule has 1 atom stereocenters. The van der Waals surface area contributed by atoms with Gasteiger partial charge in [-0.1, -0.05) is 13.8 Å². The van der Waals surface area contributed by atoms with Gasteiger partial charge < -0.3 is 9.64 Å². The molecule has 0 aromatic carbocycles. The van der Waals surface area contributed by atoms with Gasteiger partial charge in [0.2, 0.25) is 0 Å². The summed E-state index contributed by atoms with van der Waals surface area (Å²) in [7, 11) is 0. The van der Waals surface area contributed by atoms with Crippen molar-refractivity contribution in [1.82, 2.24) is 4.90 Å². The maximum absolute atomic E-state index is 13.6. The number of halogens is 7. The zero-order valence-electron chi connectivity index (χ0n) is 14.2. The molecular formula is C15H20F7NO3. The maximum Gasteiger partial charge on any atom is 0.460 e. The van der Waals surface area contributed by atoms with Crippen molar-refractivity contribution in [3.8, 4) is 0 Å². The van der Waals surface area contributed by atoms with Gasteiger partial charge in [0.15, 0.2) is 0 Å². The number of rotatable bonds is 7. The Morgan fingerprint density at radius 3 is 2.19 bits per heavy atom. The Bertz CT molecular complexity index is 520. The van der Waals surface area contributed by atoms with Gasteiger partial charge >= 0.3 is 29.9 Å². The summed E-state index contributed by atoms with van der Waals surface area (Å²) in [5.74, 6) is -16.1. The van der Waals surface area contributed by atoms with E-state index in [9.17, 15) is 40.3 Å². The van der Waals surface area contributed by atoms with Crippen LogP contribution in [-0.4, -0.2) is 54.0 Å². The van der Waals surface area contributed by atoms with Gasteiger partial charge in [-0.15, -0.1) is 0 Å². The lowest BCUT2D eigenvalue weighted by Crippen LogP contribution is -2.61. The number of hydrogen-bond acceptors (Lipinski definition) is 3. The Labute approximate surface area is 145 Å². The minimum absolute atomic E-state index is 0.00513. The summed E-state index contributed by atoms with van der Waals surface area (Å²) in [6.07, 6.45) is -5.59. The molecule has 26 heavy (non-hydrogen) atoms. The van der Waals surface area contributed by atoms with Crippen LogP contribution in [0.5, 0.6) is 0 Å². The third kappa shape index (κ3) is 4.59. The molecule has 0 aromatic rings. The zero-order valence-corrected chi connectivity index (χ0v) is 14.2. The van der Waals surface area contributed by atoms with Crippen LogP contribution in [0.2, 0.25) is 0 Å². The molecule has 1 fully saturated rings. The smallest absolute Gasteiger partial charge is 0.460 e. The summed E-state index contributed by atoms with van der Waals surface area (Å²) < 4.78 is 94.6. The van der Waals surface area contributed by atoms with Crippen LogP contribution < -0.4 is 0 Å². The van der Waals surface area contributed by atoms with Crippen LogP contribution in [0.1, 0.15) is 39.5 Å². The molecule has 0 radical (unpaired) electrons. The van der Waals surface area contributed by atoms with Gasteiger partial charge in [0, 0.05) is 6.54 Å². The maximum atomic E-state index is 13.6. The largest absolute Gasteiger partial charge is 0.464 e. The van der Waals surface area contributed by atoms with Crippen molar-refractivity contribution >= 4 is 11.9 Å². The Kier molecular flexibility index (Phi) is 6.92. The second-order valence-corrected chi connectivity index (χ2v) is 6.51. The lowest BCUT2D eigenvalue weighted by molar-refractivity contribution is -0.346. The number of nitrogens with zero attached hydrogens (tertiary/aromatic N) is 1. The van der Waals surface area contributed by atoms with E-state index in [0.29, 0.717) is 18.8 Å². The minimum atomic E-state index is -6.61. The van der Waals surface area contributed by atoms with E-state index in [4.69, 9.17) is 4.74 Å². The van der Waals surface area contributed by atoms with Crippen LogP contribution in [0, 0.1) is 5.92 Å². The van der Waals surface area contributed by atoms with E-state index in [1.807, 2.05) is 13.8 Å². The van der Waals surface area contributed by atoms with Crippen molar-refractivity contribution in [2.24, 2.45) is 5.92 Å². The number of amides is 1. The van der Waals surface area contributed by atoms with Crippen molar-refractivity contribution < 1.29 is 45.1 Å². The summed E-state index contributed by atoms with van der Waals surface area (Å²) >= 11 is 0. The molecule has 11 heteroatoms. The first kappa shape index (κ1) is 22.5. The summed E-state index contributed by atoms with van der Waals surface area (Å²) in [6.45, 7) is 3.24. The molecule has 0 bridgehead atoms. The van der Waals surface area contributed by atoms with E-state index in [2.05, 4.69) is 0 Å². The van der Waals surface area contributed by atoms with E-state index >= 15 is 0 Å². The first-order chi connectivity index (χ1) is 11.7. The van der Waals surface area contributed by atoms with Gasteiger partial charge in [0.05, 0.1) is 6.61 Å². The highest BCUT2D eigenvalue weighted by Crippen LogP contribution is 2.47. The lowest BCUT2D eigenvalue weighted by atomic mass is 10.1. The van der Waals surface area contributed by atoms with Gasteiger partial charge in [0.1, 0.15) is 6.04 Å². The number of hydrogen-bond donors (Lipinski definition) is 0. The van der Waals surface area contributed by atoms with E-state index < -0.39 is 42.5 Å². The topological polar surface area (TPSA) is 46.6 Å². The normalized spacial score (nSPS) is 19.2. The van der Waals surface area contributed by atoms with Crippen molar-refractivity contribution in [2.45, 2.75) is 63.6 Å². The molecule has 0 spiro atoms. The summed E-state index contributed by atoms with van der Waals surface area (Å²) in [5, 5.41) is 0. The van der Waals surface area contributed by atoms with Crippen LogP contribution in [0.15, 0.2) is 0 Å². The molecular weight excluding hydrogens is 375 g/mol. The van der Waals surface area contributed by atoms with E-state index in [1.54, 1.807) is 0 Å². The standard InChI is InChI=1S/C15H20F7NO3/c1-9(2)5-4-8-26-11(24)10-6-3-7-23(10)12(25)13(16,17)14(18,19)15(20,21)22/h9-10H,3-8H2,1-2H3. The Balaban J connectivity index is 2.83. The summed E-state index contributed by atoms with van der Waals surface area (Å²) in [4.78, 5) is 23.6. The number of carbonyl (C=O) groups excluding carboxylic acids is 2. The van der Waals surface area contributed by atoms with Crippen LogP contribution in [0.3, 0.4) is 0 Å². The number of ether oxygens (including phenoxy) is 1. The second kappa shape index (κ2) is 7.99. The van der Waals surface area contributed by atoms with E-state index in [0.717, 1.165) is 0 Å². The molecule has 1 heterocycles. The highest BCUT2D eigenvalue weighted by molar-refractivity contribution is 5.90. The molecule has 0 saturated carbocycles. The third-order valence-corrected chi connectivity index (χ3v) is 3.97. The Morgan fingerprint density at radius 1 is 1.12 bits per heavy atom. The van der Waals surface area contributed by atoms with Crippen LogP contribution in [-0.2, 0) is 14.3 Å². The molecule has 4 nitrogen and oxygen atoms in total. The number of likely N-dealkylation sites (tertiary alicyclic amines) is 1. The van der Waals surface area contributed by atoms with Gasteiger partial charge in [-0.2, -0.15) is 30.7 Å². The van der Waals surface area contributed by atoms with Crippen molar-refractivity contribution in [3.63, 3.8) is 0 Å². The highest BCUT2D eigenvalue weighted by atomic mass is 19.4. The molecule has 0 aromatic heterocycles. The monoisotopic (exact) mass is 395 g/mol. The van der Waals surface area contributed by atoms with Crippen LogP contribution >= 0.6 is 0 Å². The van der Waals surface area contributed by atoms with Crippen molar-refractivity contribution in [3.05, 3.63) is 0 Å². The predicted molar refractivity (Wildman–Crippen MR) is 75.7 cm³/mol. The minimum Gasteiger partial charge on any atom is -0.464 e. The fourth-order valence-electron chi connectivity index (χ4n) is 2.51. The Hall–Kier alpha value is -1.55. The Morgan fingerprint density at radius 2 is 1.69 bits per heavy atom. The molecule has 1 amide bonds. The molecule has 1 aliphatic rings. The average molecular weight is 395 g/mol. The fourth-order valence-corrected chi connectivity index (χ4v) is 2.51. The molecule has 0 aliphatic carbocycles. The van der Waals surface area contributed by atoms with E-state index in [1.165, 1.54) is 0 Å². The van der Waals surface area contributed by atoms with Crippen molar-refractivity contribution in [2.75, 3.05) is 13.2 Å². The molecule has 1 aliphatic heterocycles. The van der Waals surface area contributed by atoms with E-state index in [-0.39, 0.29) is 24.3 Å². The predicted octanol–water partition coefficient (Wildman–Crippen LogP) is 3.79. The molecule has 1 saturated heterocycles. The number of alkyl halides is 7. The lowest BCUT2D eigenvalue weighted by Gasteiger charge is -2.32. The number of carbonyl (C=O) groups is 2. The average Bonchev–Trinajstić information content (AvgIpc) is 2.98. The van der Waals surface area contributed by atoms with Gasteiger partial charge in [0.25, 0.3) is 0 Å². The molecule has 152 valence electrons. The first-order valence-electron chi connectivity index (χ1n) is 8.03. The van der Waals surface area contributed by atoms with Crippen molar-refractivity contribution in [1.29, 1.82) is 0 Å². The van der Waals surface area contributed by atoms with Crippen LogP contribution in [0.4, 0.5) is 30.7 Å².